The molecule has 2 fully saturated rings. The molecule has 1 unspecified atom stereocenters. The Kier molecular flexibility index (Phi) is 5.80. The standard InChI is InChI=1S/C14H28N2OS/c1-3-15-11-14(4-7-17-8-5-14)12-16-6-9-18-13(2)10-16/h13,15H,3-12H2,1-2H3. The van der Waals surface area contributed by atoms with Crippen LogP contribution in [0.15, 0.2) is 0 Å². The Morgan fingerprint density at radius 3 is 2.83 bits per heavy atom. The van der Waals surface area contributed by atoms with Crippen LogP contribution < -0.4 is 5.32 Å². The van der Waals surface area contributed by atoms with Crippen LogP contribution in [0.4, 0.5) is 0 Å². The van der Waals surface area contributed by atoms with Crippen molar-refractivity contribution in [2.24, 2.45) is 5.41 Å². The SMILES string of the molecule is CCNCC1(CN2CCSC(C)C2)CCOCC1. The highest BCUT2D eigenvalue weighted by atomic mass is 32.2. The number of nitrogens with one attached hydrogen (secondary N) is 1. The van der Waals surface area contributed by atoms with Crippen LogP contribution in [0, 0.1) is 5.41 Å². The van der Waals surface area contributed by atoms with Gasteiger partial charge in [0.2, 0.25) is 0 Å². The molecule has 2 saturated heterocycles. The van der Waals surface area contributed by atoms with Gasteiger partial charge in [0.15, 0.2) is 0 Å². The second-order valence-corrected chi connectivity index (χ2v) is 7.36. The van der Waals surface area contributed by atoms with Gasteiger partial charge in [-0.25, -0.2) is 0 Å². The number of rotatable bonds is 5. The number of hydrogen-bond acceptors (Lipinski definition) is 4. The third-order valence-corrected chi connectivity index (χ3v) is 5.32. The van der Waals surface area contributed by atoms with E-state index in [4.69, 9.17) is 4.74 Å². The van der Waals surface area contributed by atoms with Crippen molar-refractivity contribution < 1.29 is 4.74 Å². The number of hydrogen-bond donors (Lipinski definition) is 1. The quantitative estimate of drug-likeness (QED) is 0.825. The third-order valence-electron chi connectivity index (χ3n) is 4.19. The molecule has 0 aromatic carbocycles. The van der Waals surface area contributed by atoms with Gasteiger partial charge in [-0.15, -0.1) is 0 Å². The summed E-state index contributed by atoms with van der Waals surface area (Å²) in [7, 11) is 0. The molecule has 0 bridgehead atoms. The van der Waals surface area contributed by atoms with E-state index in [0.717, 1.165) is 31.6 Å². The van der Waals surface area contributed by atoms with E-state index in [9.17, 15) is 0 Å². The van der Waals surface area contributed by atoms with E-state index >= 15 is 0 Å². The predicted molar refractivity (Wildman–Crippen MR) is 79.4 cm³/mol. The highest BCUT2D eigenvalue weighted by molar-refractivity contribution is 7.99. The van der Waals surface area contributed by atoms with Crippen molar-refractivity contribution in [2.45, 2.75) is 31.9 Å². The van der Waals surface area contributed by atoms with E-state index in [0.29, 0.717) is 5.41 Å². The first kappa shape index (κ1) is 14.6. The van der Waals surface area contributed by atoms with Crippen LogP contribution in [0.2, 0.25) is 0 Å². The zero-order valence-electron chi connectivity index (χ0n) is 11.9. The van der Waals surface area contributed by atoms with Crippen molar-refractivity contribution >= 4 is 11.8 Å². The molecular formula is C14H28N2OS. The summed E-state index contributed by atoms with van der Waals surface area (Å²) >= 11 is 2.12. The molecule has 0 aliphatic carbocycles. The van der Waals surface area contributed by atoms with Crippen LogP contribution >= 0.6 is 11.8 Å². The van der Waals surface area contributed by atoms with Crippen LogP contribution in [0.3, 0.4) is 0 Å². The first-order valence-electron chi connectivity index (χ1n) is 7.36. The highest BCUT2D eigenvalue weighted by Gasteiger charge is 2.34. The largest absolute Gasteiger partial charge is 0.381 e. The molecule has 4 heteroatoms. The maximum absolute atomic E-state index is 5.56. The minimum atomic E-state index is 0.454. The van der Waals surface area contributed by atoms with Gasteiger partial charge in [-0.05, 0) is 24.8 Å². The fraction of sp³-hybridized carbons (Fsp3) is 1.00. The minimum absolute atomic E-state index is 0.454. The minimum Gasteiger partial charge on any atom is -0.381 e. The monoisotopic (exact) mass is 272 g/mol. The number of nitrogens with zero attached hydrogens (tertiary/aromatic N) is 1. The van der Waals surface area contributed by atoms with Crippen LogP contribution in [0.1, 0.15) is 26.7 Å². The topological polar surface area (TPSA) is 24.5 Å². The molecule has 0 radical (unpaired) electrons. The summed E-state index contributed by atoms with van der Waals surface area (Å²) in [6.07, 6.45) is 2.44. The summed E-state index contributed by atoms with van der Waals surface area (Å²) in [5.41, 5.74) is 0.454. The summed E-state index contributed by atoms with van der Waals surface area (Å²) in [5.74, 6) is 1.30. The zero-order valence-corrected chi connectivity index (χ0v) is 12.7. The average Bonchev–Trinajstić information content (AvgIpc) is 2.38. The van der Waals surface area contributed by atoms with Crippen LogP contribution in [-0.2, 0) is 4.74 Å². The normalized spacial score (nSPS) is 29.3. The van der Waals surface area contributed by atoms with Gasteiger partial charge >= 0.3 is 0 Å². The Morgan fingerprint density at radius 2 is 2.17 bits per heavy atom. The molecule has 18 heavy (non-hydrogen) atoms. The first-order valence-corrected chi connectivity index (χ1v) is 8.41. The van der Waals surface area contributed by atoms with Gasteiger partial charge in [0.05, 0.1) is 0 Å². The van der Waals surface area contributed by atoms with Crippen molar-refractivity contribution in [2.75, 3.05) is 51.7 Å². The van der Waals surface area contributed by atoms with Crippen LogP contribution in [-0.4, -0.2) is 61.8 Å². The molecule has 1 N–H and O–H groups in total. The molecule has 2 aliphatic rings. The summed E-state index contributed by atoms with van der Waals surface area (Å²) in [5, 5.41) is 4.37. The summed E-state index contributed by atoms with van der Waals surface area (Å²) < 4.78 is 5.56. The molecule has 0 amide bonds. The van der Waals surface area contributed by atoms with E-state index < -0.39 is 0 Å². The molecule has 1 atom stereocenters. The van der Waals surface area contributed by atoms with E-state index in [1.165, 1.54) is 38.2 Å². The Labute approximate surface area is 116 Å². The lowest BCUT2D eigenvalue weighted by molar-refractivity contribution is -0.00349. The first-order chi connectivity index (χ1) is 8.74. The molecule has 0 saturated carbocycles. The molecule has 2 aliphatic heterocycles. The Bertz CT molecular complexity index is 244. The van der Waals surface area contributed by atoms with Gasteiger partial charge < -0.3 is 15.0 Å². The van der Waals surface area contributed by atoms with E-state index in [-0.39, 0.29) is 0 Å². The molecule has 2 rings (SSSR count). The van der Waals surface area contributed by atoms with Crippen molar-refractivity contribution in [3.05, 3.63) is 0 Å². The van der Waals surface area contributed by atoms with Gasteiger partial charge in [0.1, 0.15) is 0 Å². The summed E-state index contributed by atoms with van der Waals surface area (Å²) in [6.45, 7) is 12.5. The lowest BCUT2D eigenvalue weighted by Gasteiger charge is -2.43. The van der Waals surface area contributed by atoms with Crippen molar-refractivity contribution in [3.63, 3.8) is 0 Å². The molecule has 0 aromatic heterocycles. The molecule has 0 spiro atoms. The fourth-order valence-corrected chi connectivity index (χ4v) is 4.18. The summed E-state index contributed by atoms with van der Waals surface area (Å²) in [6, 6.07) is 0. The Morgan fingerprint density at radius 1 is 1.39 bits per heavy atom. The van der Waals surface area contributed by atoms with Gasteiger partial charge in [0.25, 0.3) is 0 Å². The van der Waals surface area contributed by atoms with Crippen molar-refractivity contribution in [1.82, 2.24) is 10.2 Å². The maximum atomic E-state index is 5.56. The summed E-state index contributed by atoms with van der Waals surface area (Å²) in [4.78, 5) is 2.68. The highest BCUT2D eigenvalue weighted by Crippen LogP contribution is 2.32. The zero-order chi connectivity index (χ0) is 12.8. The molecule has 3 nitrogen and oxygen atoms in total. The second kappa shape index (κ2) is 7.13. The fourth-order valence-electron chi connectivity index (χ4n) is 3.09. The lowest BCUT2D eigenvalue weighted by Crippen LogP contribution is -2.50. The van der Waals surface area contributed by atoms with Gasteiger partial charge in [-0.3, -0.25) is 0 Å². The van der Waals surface area contributed by atoms with Crippen LogP contribution in [0.25, 0.3) is 0 Å². The van der Waals surface area contributed by atoms with E-state index in [1.54, 1.807) is 0 Å². The second-order valence-electron chi connectivity index (χ2n) is 5.81. The van der Waals surface area contributed by atoms with E-state index in [1.807, 2.05) is 0 Å². The van der Waals surface area contributed by atoms with Gasteiger partial charge in [0, 0.05) is 50.4 Å². The molecule has 0 aromatic rings. The predicted octanol–water partition coefficient (Wildman–Crippen LogP) is 1.83. The smallest absolute Gasteiger partial charge is 0.0472 e. The molecule has 2 heterocycles. The van der Waals surface area contributed by atoms with Crippen LogP contribution in [0.5, 0.6) is 0 Å². The Hall–Kier alpha value is 0.230. The number of thioether (sulfide) groups is 1. The Balaban J connectivity index is 1.91. The molecular weight excluding hydrogens is 244 g/mol. The van der Waals surface area contributed by atoms with E-state index in [2.05, 4.69) is 35.8 Å². The van der Waals surface area contributed by atoms with Crippen molar-refractivity contribution in [1.29, 1.82) is 0 Å². The maximum Gasteiger partial charge on any atom is 0.0472 e. The van der Waals surface area contributed by atoms with Crippen molar-refractivity contribution in [3.8, 4) is 0 Å². The average molecular weight is 272 g/mol. The third kappa shape index (κ3) is 4.12. The lowest BCUT2D eigenvalue weighted by atomic mass is 9.79. The number of ether oxygens (including phenoxy) is 1. The molecule has 106 valence electrons. The van der Waals surface area contributed by atoms with Gasteiger partial charge in [-0.2, -0.15) is 11.8 Å². The van der Waals surface area contributed by atoms with Gasteiger partial charge in [-0.1, -0.05) is 13.8 Å².